The molecule has 1 aromatic heterocycles. The summed E-state index contributed by atoms with van der Waals surface area (Å²) in [6.45, 7) is 6.29. The van der Waals surface area contributed by atoms with Gasteiger partial charge in [0.25, 0.3) is 0 Å². The van der Waals surface area contributed by atoms with Gasteiger partial charge in [-0.2, -0.15) is 0 Å². The van der Waals surface area contributed by atoms with E-state index in [0.717, 1.165) is 26.7 Å². The maximum Gasteiger partial charge on any atom is 0.416 e. The molecule has 0 spiro atoms. The van der Waals surface area contributed by atoms with Crippen molar-refractivity contribution >= 4 is 44.5 Å². The fourth-order valence-electron chi connectivity index (χ4n) is 3.33. The lowest BCUT2D eigenvalue weighted by Crippen LogP contribution is -2.18. The van der Waals surface area contributed by atoms with Crippen molar-refractivity contribution in [3.8, 4) is 0 Å². The zero-order valence-electron chi connectivity index (χ0n) is 14.3. The Balaban J connectivity index is 2.32. The van der Waals surface area contributed by atoms with Crippen LogP contribution < -0.4 is 0 Å². The summed E-state index contributed by atoms with van der Waals surface area (Å²) in [5.41, 5.74) is 3.34. The molecule has 0 unspecified atom stereocenters. The van der Waals surface area contributed by atoms with Crippen LogP contribution >= 0.6 is 27.5 Å². The molecule has 3 nitrogen and oxygen atoms in total. The van der Waals surface area contributed by atoms with Gasteiger partial charge >= 0.3 is 6.09 Å². The second-order valence-corrected chi connectivity index (χ2v) is 8.51. The number of halogens is 2. The van der Waals surface area contributed by atoms with Crippen molar-refractivity contribution < 1.29 is 9.90 Å². The zero-order chi connectivity index (χ0) is 18.4. The molecule has 1 N–H and O–H groups in total. The molecule has 0 atom stereocenters. The predicted octanol–water partition coefficient (Wildman–Crippen LogP) is 6.47. The largest absolute Gasteiger partial charge is 0.464 e. The summed E-state index contributed by atoms with van der Waals surface area (Å²) in [5, 5.41) is 11.4. The van der Waals surface area contributed by atoms with Crippen LogP contribution in [0.3, 0.4) is 0 Å². The lowest BCUT2D eigenvalue weighted by Gasteiger charge is -2.21. The minimum Gasteiger partial charge on any atom is -0.464 e. The number of aromatic nitrogens is 1. The summed E-state index contributed by atoms with van der Waals surface area (Å²) in [6.07, 6.45) is -0.437. The molecule has 130 valence electrons. The third-order valence-corrected chi connectivity index (χ3v) is 5.02. The highest BCUT2D eigenvalue weighted by Crippen LogP contribution is 2.38. The molecule has 0 aliphatic rings. The summed E-state index contributed by atoms with van der Waals surface area (Å²) in [7, 11) is 0. The summed E-state index contributed by atoms with van der Waals surface area (Å²) < 4.78 is 2.40. The Morgan fingerprint density at radius 1 is 1.16 bits per heavy atom. The zero-order valence-corrected chi connectivity index (χ0v) is 16.6. The van der Waals surface area contributed by atoms with Crippen molar-refractivity contribution in [2.24, 2.45) is 0 Å². The monoisotopic (exact) mass is 419 g/mol. The molecule has 1 heterocycles. The predicted molar refractivity (Wildman–Crippen MR) is 106 cm³/mol. The maximum atomic E-state index is 12.0. The molecule has 0 aliphatic heterocycles. The third-order valence-electron chi connectivity index (χ3n) is 4.25. The Kier molecular flexibility index (Phi) is 4.69. The Hall–Kier alpha value is -1.78. The Labute approximate surface area is 160 Å². The first-order valence-electron chi connectivity index (χ1n) is 7.99. The number of hydrogen-bond donors (Lipinski definition) is 1. The summed E-state index contributed by atoms with van der Waals surface area (Å²) in [4.78, 5) is 12.0. The van der Waals surface area contributed by atoms with E-state index in [2.05, 4.69) is 36.7 Å². The lowest BCUT2D eigenvalue weighted by atomic mass is 9.83. The minimum atomic E-state index is -0.977. The van der Waals surface area contributed by atoms with Gasteiger partial charge < -0.3 is 5.11 Å². The van der Waals surface area contributed by atoms with Crippen molar-refractivity contribution in [2.75, 3.05) is 0 Å². The van der Waals surface area contributed by atoms with Crippen molar-refractivity contribution in [3.05, 3.63) is 68.8 Å². The van der Waals surface area contributed by atoms with Crippen LogP contribution in [0.4, 0.5) is 4.79 Å². The molecule has 0 amide bonds. The quantitative estimate of drug-likeness (QED) is 0.516. The van der Waals surface area contributed by atoms with Gasteiger partial charge in [-0.3, -0.25) is 0 Å². The molecule has 5 heteroatoms. The molecule has 0 bridgehead atoms. The molecule has 0 saturated heterocycles. The number of hydrogen-bond acceptors (Lipinski definition) is 1. The van der Waals surface area contributed by atoms with Crippen LogP contribution in [0.5, 0.6) is 0 Å². The molecular weight excluding hydrogens is 402 g/mol. The van der Waals surface area contributed by atoms with Gasteiger partial charge in [-0.15, -0.1) is 0 Å². The smallest absolute Gasteiger partial charge is 0.416 e. The van der Waals surface area contributed by atoms with Gasteiger partial charge in [-0.1, -0.05) is 60.4 Å². The first kappa shape index (κ1) is 18.0. The fourth-order valence-corrected chi connectivity index (χ4v) is 3.77. The number of nitrogens with zero attached hydrogens (tertiary/aromatic N) is 1. The third kappa shape index (κ3) is 3.46. The number of carboxylic acid groups (broad SMARTS) is 1. The topological polar surface area (TPSA) is 42.2 Å². The molecule has 25 heavy (non-hydrogen) atoms. The van der Waals surface area contributed by atoms with Crippen molar-refractivity contribution in [1.82, 2.24) is 4.57 Å². The normalized spacial score (nSPS) is 11.9. The average molecular weight is 421 g/mol. The van der Waals surface area contributed by atoms with Crippen LogP contribution in [0.2, 0.25) is 5.02 Å². The van der Waals surface area contributed by atoms with E-state index in [1.807, 2.05) is 30.3 Å². The van der Waals surface area contributed by atoms with Gasteiger partial charge in [-0.25, -0.2) is 9.36 Å². The van der Waals surface area contributed by atoms with Crippen LogP contribution in [-0.2, 0) is 11.8 Å². The molecule has 2 aromatic carbocycles. The standard InChI is InChI=1S/C20H19BrClNO2/c1-20(2,3)18-15-11-14(22)8-9-16(15)23(19(24)25)17(18)10-12-4-6-13(21)7-5-12/h4-9,11H,10H2,1-3H3,(H,24,25). The van der Waals surface area contributed by atoms with Gasteiger partial charge in [0.2, 0.25) is 0 Å². The highest BCUT2D eigenvalue weighted by atomic mass is 79.9. The van der Waals surface area contributed by atoms with Gasteiger partial charge in [0.05, 0.1) is 5.52 Å². The first-order chi connectivity index (χ1) is 11.7. The lowest BCUT2D eigenvalue weighted by molar-refractivity contribution is 0.196. The van der Waals surface area contributed by atoms with Gasteiger partial charge in [0.15, 0.2) is 0 Å². The number of fused-ring (bicyclic) bond motifs is 1. The van der Waals surface area contributed by atoms with E-state index < -0.39 is 6.09 Å². The van der Waals surface area contributed by atoms with Crippen LogP contribution in [0, 0.1) is 0 Å². The Morgan fingerprint density at radius 3 is 2.36 bits per heavy atom. The minimum absolute atomic E-state index is 0.214. The van der Waals surface area contributed by atoms with E-state index in [9.17, 15) is 9.90 Å². The van der Waals surface area contributed by atoms with E-state index in [0.29, 0.717) is 17.0 Å². The van der Waals surface area contributed by atoms with E-state index >= 15 is 0 Å². The maximum absolute atomic E-state index is 12.0. The second kappa shape index (κ2) is 6.50. The summed E-state index contributed by atoms with van der Waals surface area (Å²) in [6, 6.07) is 13.3. The van der Waals surface area contributed by atoms with Crippen molar-refractivity contribution in [2.45, 2.75) is 32.6 Å². The molecule has 3 aromatic rings. The fraction of sp³-hybridized carbons (Fsp3) is 0.250. The van der Waals surface area contributed by atoms with E-state index in [4.69, 9.17) is 11.6 Å². The first-order valence-corrected chi connectivity index (χ1v) is 9.16. The molecule has 0 saturated carbocycles. The second-order valence-electron chi connectivity index (χ2n) is 7.15. The van der Waals surface area contributed by atoms with Gasteiger partial charge in [-0.05, 0) is 46.9 Å². The van der Waals surface area contributed by atoms with E-state index in [1.54, 1.807) is 12.1 Å². The SMILES string of the molecule is CC(C)(C)c1c(Cc2ccc(Br)cc2)n(C(=O)O)c2ccc(Cl)cc12. The summed E-state index contributed by atoms with van der Waals surface area (Å²) in [5.74, 6) is 0. The van der Waals surface area contributed by atoms with E-state index in [-0.39, 0.29) is 5.41 Å². The van der Waals surface area contributed by atoms with Gasteiger partial charge in [0.1, 0.15) is 0 Å². The van der Waals surface area contributed by atoms with Crippen molar-refractivity contribution in [1.29, 1.82) is 0 Å². The van der Waals surface area contributed by atoms with Crippen LogP contribution in [0.15, 0.2) is 46.9 Å². The van der Waals surface area contributed by atoms with Crippen molar-refractivity contribution in [3.63, 3.8) is 0 Å². The molecule has 0 radical (unpaired) electrons. The molecule has 0 fully saturated rings. The Bertz CT molecular complexity index is 952. The molecular formula is C20H19BrClNO2. The molecule has 0 aliphatic carbocycles. The number of carbonyl (C=O) groups is 1. The number of benzene rings is 2. The van der Waals surface area contributed by atoms with Crippen LogP contribution in [-0.4, -0.2) is 15.8 Å². The molecule has 3 rings (SSSR count). The van der Waals surface area contributed by atoms with Crippen LogP contribution in [0.25, 0.3) is 10.9 Å². The average Bonchev–Trinajstić information content (AvgIpc) is 2.82. The Morgan fingerprint density at radius 2 is 1.80 bits per heavy atom. The highest BCUT2D eigenvalue weighted by Gasteiger charge is 2.28. The highest BCUT2D eigenvalue weighted by molar-refractivity contribution is 9.10. The van der Waals surface area contributed by atoms with Gasteiger partial charge in [0, 0.05) is 27.0 Å². The number of rotatable bonds is 2. The van der Waals surface area contributed by atoms with E-state index in [1.165, 1.54) is 4.57 Å². The van der Waals surface area contributed by atoms with Crippen LogP contribution in [0.1, 0.15) is 37.6 Å². The summed E-state index contributed by atoms with van der Waals surface area (Å²) >= 11 is 9.63.